The number of nitrogens with zero attached hydrogens (tertiary/aromatic N) is 2. The minimum absolute atomic E-state index is 0. The number of anilines is 1. The van der Waals surface area contributed by atoms with Crippen LogP contribution in [-0.2, 0) is 4.74 Å². The second-order valence-corrected chi connectivity index (χ2v) is 7.42. The summed E-state index contributed by atoms with van der Waals surface area (Å²) in [4.78, 5) is 18.6. The smallest absolute Gasteiger partial charge is 0.252 e. The second-order valence-electron chi connectivity index (χ2n) is 7.42. The highest BCUT2D eigenvalue weighted by Gasteiger charge is 2.22. The van der Waals surface area contributed by atoms with Crippen LogP contribution in [0.2, 0.25) is 0 Å². The maximum atomic E-state index is 11.8. The van der Waals surface area contributed by atoms with E-state index >= 15 is 0 Å². The number of aryl methyl sites for hydroxylation is 1. The Morgan fingerprint density at radius 1 is 1.13 bits per heavy atom. The molecule has 7 nitrogen and oxygen atoms in total. The lowest BCUT2D eigenvalue weighted by Crippen LogP contribution is -2.41. The van der Waals surface area contributed by atoms with Crippen molar-refractivity contribution in [2.24, 2.45) is 11.5 Å². The van der Waals surface area contributed by atoms with Gasteiger partial charge in [0, 0.05) is 39.2 Å². The number of ether oxygens (including phenoxy) is 1. The minimum Gasteiger partial charge on any atom is -0.381 e. The summed E-state index contributed by atoms with van der Waals surface area (Å²) in [5, 5.41) is 0.946. The van der Waals surface area contributed by atoms with Crippen molar-refractivity contribution in [3.63, 3.8) is 0 Å². The SMILES string of the molecule is C1CCOCC1.CC.Cc1ccc2nc(N3CCC(N)CC3)c(C(N)=O)cc2c1.N.[HH]. The molecule has 2 aromatic rings. The first-order valence-corrected chi connectivity index (χ1v) is 10.8. The number of pyridine rings is 1. The van der Waals surface area contributed by atoms with E-state index in [2.05, 4.69) is 9.88 Å². The summed E-state index contributed by atoms with van der Waals surface area (Å²) in [7, 11) is 0. The number of rotatable bonds is 2. The lowest BCUT2D eigenvalue weighted by atomic mass is 10.0. The van der Waals surface area contributed by atoms with E-state index < -0.39 is 5.91 Å². The van der Waals surface area contributed by atoms with Crippen LogP contribution < -0.4 is 22.5 Å². The number of piperidine rings is 1. The third kappa shape index (κ3) is 7.23. The van der Waals surface area contributed by atoms with Crippen molar-refractivity contribution < 1.29 is 11.0 Å². The van der Waals surface area contributed by atoms with Gasteiger partial charge in [0.15, 0.2) is 0 Å². The molecule has 1 aromatic heterocycles. The van der Waals surface area contributed by atoms with Gasteiger partial charge in [0.25, 0.3) is 5.91 Å². The van der Waals surface area contributed by atoms with Crippen molar-refractivity contribution in [3.05, 3.63) is 35.4 Å². The van der Waals surface area contributed by atoms with E-state index in [1.807, 2.05) is 45.0 Å². The van der Waals surface area contributed by atoms with Gasteiger partial charge in [0.2, 0.25) is 0 Å². The summed E-state index contributed by atoms with van der Waals surface area (Å²) in [6.07, 6.45) is 5.75. The van der Waals surface area contributed by atoms with E-state index in [-0.39, 0.29) is 13.6 Å². The number of hydrogen-bond donors (Lipinski definition) is 3. The number of amides is 1. The highest BCUT2D eigenvalue weighted by atomic mass is 16.5. The number of nitrogens with two attached hydrogens (primary N) is 2. The van der Waals surface area contributed by atoms with E-state index in [1.165, 1.54) is 19.3 Å². The maximum Gasteiger partial charge on any atom is 0.252 e. The molecule has 2 aliphatic heterocycles. The van der Waals surface area contributed by atoms with Crippen LogP contribution in [0.5, 0.6) is 0 Å². The van der Waals surface area contributed by atoms with Gasteiger partial charge in [-0.2, -0.15) is 0 Å². The molecule has 0 spiro atoms. The van der Waals surface area contributed by atoms with E-state index in [4.69, 9.17) is 16.2 Å². The number of carbonyl (C=O) groups excluding carboxylic acids is 1. The Hall–Kier alpha value is -2.22. The predicted octanol–water partition coefficient (Wildman–Crippen LogP) is 4.19. The zero-order valence-corrected chi connectivity index (χ0v) is 18.8. The fourth-order valence-electron chi connectivity index (χ4n) is 3.51. The average Bonchev–Trinajstić information content (AvgIpc) is 2.76. The molecule has 1 aromatic carbocycles. The molecule has 0 aliphatic carbocycles. The molecule has 2 saturated heterocycles. The molecule has 0 atom stereocenters. The van der Waals surface area contributed by atoms with E-state index in [1.54, 1.807) is 0 Å². The highest BCUT2D eigenvalue weighted by molar-refractivity contribution is 6.01. The fraction of sp³-hybridized carbons (Fsp3) is 0.565. The maximum absolute atomic E-state index is 11.8. The second kappa shape index (κ2) is 13.2. The Kier molecular flexibility index (Phi) is 11.3. The molecule has 2 aliphatic rings. The van der Waals surface area contributed by atoms with Gasteiger partial charge in [-0.3, -0.25) is 4.79 Å². The van der Waals surface area contributed by atoms with E-state index in [0.29, 0.717) is 11.4 Å². The molecule has 4 rings (SSSR count). The van der Waals surface area contributed by atoms with Crippen LogP contribution in [0.4, 0.5) is 5.82 Å². The van der Waals surface area contributed by atoms with Gasteiger partial charge in [-0.1, -0.05) is 25.5 Å². The van der Waals surface area contributed by atoms with Crippen molar-refractivity contribution in [2.75, 3.05) is 31.2 Å². The lowest BCUT2D eigenvalue weighted by molar-refractivity contribution is 0.0968. The van der Waals surface area contributed by atoms with E-state index in [9.17, 15) is 4.79 Å². The number of hydrogen-bond acceptors (Lipinski definition) is 6. The van der Waals surface area contributed by atoms with Crippen molar-refractivity contribution >= 4 is 22.6 Å². The molecule has 0 saturated carbocycles. The first-order valence-electron chi connectivity index (χ1n) is 10.8. The van der Waals surface area contributed by atoms with Crippen LogP contribution in [0.25, 0.3) is 10.9 Å². The average molecular weight is 420 g/mol. The molecule has 3 heterocycles. The van der Waals surface area contributed by atoms with Gasteiger partial charge in [-0.15, -0.1) is 0 Å². The standard InChI is InChI=1S/C16H20N4O.C5H10O.C2H6.H3N.H2/c1-10-2-3-14-11(8-10)9-13(15(18)21)16(19-14)20-6-4-12(17)5-7-20;1-2-4-6-5-3-1;1-2;;/h2-3,8-9,12H,4-7,17H2,1H3,(H2,18,21);1-5H2;1-2H3;1H3;1H. The Labute approximate surface area is 182 Å². The summed E-state index contributed by atoms with van der Waals surface area (Å²) >= 11 is 0. The zero-order valence-electron chi connectivity index (χ0n) is 18.8. The molecule has 170 valence electrons. The predicted molar refractivity (Wildman–Crippen MR) is 128 cm³/mol. The van der Waals surface area contributed by atoms with Crippen LogP contribution in [0.1, 0.15) is 63.3 Å². The van der Waals surface area contributed by atoms with Gasteiger partial charge in [-0.25, -0.2) is 4.98 Å². The van der Waals surface area contributed by atoms with Crippen LogP contribution >= 0.6 is 0 Å². The van der Waals surface area contributed by atoms with Crippen LogP contribution in [0.15, 0.2) is 24.3 Å². The third-order valence-corrected chi connectivity index (χ3v) is 5.13. The highest BCUT2D eigenvalue weighted by Crippen LogP contribution is 2.26. The van der Waals surface area contributed by atoms with Crippen molar-refractivity contribution in [2.45, 2.75) is 58.9 Å². The van der Waals surface area contributed by atoms with Crippen molar-refractivity contribution in [1.29, 1.82) is 0 Å². The van der Waals surface area contributed by atoms with Crippen molar-refractivity contribution in [1.82, 2.24) is 11.1 Å². The van der Waals surface area contributed by atoms with Crippen LogP contribution in [0, 0.1) is 6.92 Å². The first kappa shape index (κ1) is 25.8. The quantitative estimate of drug-likeness (QED) is 0.669. The van der Waals surface area contributed by atoms with Crippen LogP contribution in [-0.4, -0.2) is 43.2 Å². The lowest BCUT2D eigenvalue weighted by Gasteiger charge is -2.32. The Morgan fingerprint density at radius 2 is 1.77 bits per heavy atom. The number of carbonyl (C=O) groups is 1. The normalized spacial score (nSPS) is 16.5. The molecule has 0 bridgehead atoms. The zero-order chi connectivity index (χ0) is 21.2. The minimum atomic E-state index is -0.434. The molecule has 1 amide bonds. The molecular weight excluding hydrogens is 378 g/mol. The molecule has 7 heteroatoms. The molecule has 2 fully saturated rings. The molecule has 30 heavy (non-hydrogen) atoms. The van der Waals surface area contributed by atoms with Gasteiger partial charge in [0.1, 0.15) is 5.82 Å². The first-order chi connectivity index (χ1) is 14.0. The summed E-state index contributed by atoms with van der Waals surface area (Å²) in [6.45, 7) is 9.64. The summed E-state index contributed by atoms with van der Waals surface area (Å²) in [6, 6.07) is 8.11. The molecular formula is C23H41N5O2. The van der Waals surface area contributed by atoms with Gasteiger partial charge in [0.05, 0.1) is 11.1 Å². The summed E-state index contributed by atoms with van der Waals surface area (Å²) < 4.78 is 5.07. The number of fused-ring (bicyclic) bond motifs is 1. The number of primary amides is 1. The Morgan fingerprint density at radius 3 is 2.27 bits per heavy atom. The van der Waals surface area contributed by atoms with Gasteiger partial charge < -0.3 is 27.3 Å². The van der Waals surface area contributed by atoms with E-state index in [0.717, 1.165) is 55.6 Å². The van der Waals surface area contributed by atoms with Gasteiger partial charge >= 0.3 is 0 Å². The largest absolute Gasteiger partial charge is 0.381 e. The number of aromatic nitrogens is 1. The summed E-state index contributed by atoms with van der Waals surface area (Å²) in [5.74, 6) is 0.251. The van der Waals surface area contributed by atoms with Crippen molar-refractivity contribution in [3.8, 4) is 0 Å². The topological polar surface area (TPSA) is 129 Å². The third-order valence-electron chi connectivity index (χ3n) is 5.13. The summed E-state index contributed by atoms with van der Waals surface area (Å²) in [5.41, 5.74) is 14.0. The molecule has 0 unspecified atom stereocenters. The van der Waals surface area contributed by atoms with Crippen LogP contribution in [0.3, 0.4) is 0 Å². The van der Waals surface area contributed by atoms with Gasteiger partial charge in [-0.05, 0) is 57.2 Å². The monoisotopic (exact) mass is 419 g/mol. The number of benzene rings is 1. The molecule has 7 N–H and O–H groups in total. The fourth-order valence-corrected chi connectivity index (χ4v) is 3.51. The molecule has 0 radical (unpaired) electrons. The Bertz CT molecular complexity index is 779. The Balaban J connectivity index is 0.000000772.